The van der Waals surface area contributed by atoms with Crippen molar-refractivity contribution in [2.24, 2.45) is 5.41 Å². The van der Waals surface area contributed by atoms with E-state index in [0.29, 0.717) is 12.8 Å². The minimum absolute atomic E-state index is 0. The number of amides is 2. The molecule has 0 aliphatic heterocycles. The van der Waals surface area contributed by atoms with Gasteiger partial charge in [-0.05, 0) is 18.3 Å². The van der Waals surface area contributed by atoms with Gasteiger partial charge >= 0.3 is 0 Å². The number of hydrogen-bond acceptors (Lipinski definition) is 6. The Balaban J connectivity index is 0. The molecule has 0 spiro atoms. The van der Waals surface area contributed by atoms with E-state index in [1.807, 2.05) is 13.8 Å². The molecule has 0 saturated carbocycles. The Morgan fingerprint density at radius 3 is 1.19 bits per heavy atom. The number of carbonyl (C=O) groups is 2. The van der Waals surface area contributed by atoms with Crippen LogP contribution in [-0.4, -0.2) is 94.6 Å². The molecule has 4 N–H and O–H groups in total. The van der Waals surface area contributed by atoms with Crippen molar-refractivity contribution in [3.8, 4) is 0 Å². The minimum Gasteiger partial charge on any atom is -0.395 e. The fourth-order valence-electron chi connectivity index (χ4n) is 2.54. The Kier molecular flexibility index (Phi) is 15.9. The molecule has 0 aromatic rings. The zero-order valence-electron chi connectivity index (χ0n) is 15.9. The standard InChI is InChI=1S/C17H34N2O6.ClH/c1-17(2,5-3-15(24)18(7-11-20)8-12-21)6-4-16(25)19(9-13-22)10-14-23;/h20-23H,3-14H2,1-2H3;1H. The van der Waals surface area contributed by atoms with Gasteiger partial charge in [0, 0.05) is 39.0 Å². The Hall–Kier alpha value is -0.930. The topological polar surface area (TPSA) is 122 Å². The summed E-state index contributed by atoms with van der Waals surface area (Å²) in [5, 5.41) is 35.9. The molecule has 8 nitrogen and oxygen atoms in total. The summed E-state index contributed by atoms with van der Waals surface area (Å²) >= 11 is 0. The van der Waals surface area contributed by atoms with Crippen molar-refractivity contribution in [2.75, 3.05) is 52.6 Å². The van der Waals surface area contributed by atoms with E-state index in [0.717, 1.165) is 0 Å². The van der Waals surface area contributed by atoms with E-state index in [9.17, 15) is 9.59 Å². The largest absolute Gasteiger partial charge is 0.395 e. The molecule has 0 bridgehead atoms. The maximum atomic E-state index is 12.2. The van der Waals surface area contributed by atoms with Crippen LogP contribution in [0, 0.1) is 5.41 Å². The van der Waals surface area contributed by atoms with Crippen LogP contribution in [-0.2, 0) is 9.59 Å². The van der Waals surface area contributed by atoms with Gasteiger partial charge in [-0.25, -0.2) is 0 Å². The van der Waals surface area contributed by atoms with E-state index < -0.39 is 0 Å². The van der Waals surface area contributed by atoms with Crippen molar-refractivity contribution in [1.82, 2.24) is 9.80 Å². The molecule has 0 fully saturated rings. The first-order valence-corrected chi connectivity index (χ1v) is 8.80. The van der Waals surface area contributed by atoms with E-state index in [-0.39, 0.29) is 95.1 Å². The van der Waals surface area contributed by atoms with E-state index in [4.69, 9.17) is 20.4 Å². The molecule has 156 valence electrons. The molecule has 0 atom stereocenters. The van der Waals surface area contributed by atoms with Crippen LogP contribution in [0.25, 0.3) is 0 Å². The van der Waals surface area contributed by atoms with Gasteiger partial charge < -0.3 is 30.2 Å². The maximum absolute atomic E-state index is 12.2. The average Bonchev–Trinajstić information content (AvgIpc) is 2.57. The van der Waals surface area contributed by atoms with Crippen LogP contribution in [0.1, 0.15) is 39.5 Å². The average molecular weight is 399 g/mol. The second kappa shape index (κ2) is 15.2. The second-order valence-electron chi connectivity index (χ2n) is 6.82. The monoisotopic (exact) mass is 398 g/mol. The van der Waals surface area contributed by atoms with Gasteiger partial charge in [0.15, 0.2) is 0 Å². The summed E-state index contributed by atoms with van der Waals surface area (Å²) in [6, 6.07) is 0. The molecule has 0 unspecified atom stereocenters. The van der Waals surface area contributed by atoms with Crippen LogP contribution in [0.4, 0.5) is 0 Å². The van der Waals surface area contributed by atoms with Gasteiger partial charge in [0.2, 0.25) is 11.8 Å². The van der Waals surface area contributed by atoms with E-state index >= 15 is 0 Å². The molecule has 9 heteroatoms. The highest BCUT2D eigenvalue weighted by Crippen LogP contribution is 2.29. The quantitative estimate of drug-likeness (QED) is 0.316. The third-order valence-electron chi connectivity index (χ3n) is 4.22. The third kappa shape index (κ3) is 11.6. The van der Waals surface area contributed by atoms with Crippen molar-refractivity contribution < 1.29 is 30.0 Å². The first kappa shape index (κ1) is 27.3. The Morgan fingerprint density at radius 1 is 0.692 bits per heavy atom. The normalized spacial score (nSPS) is 11.0. The van der Waals surface area contributed by atoms with Crippen molar-refractivity contribution in [2.45, 2.75) is 39.5 Å². The smallest absolute Gasteiger partial charge is 0.222 e. The SMILES string of the molecule is CC(C)(CCC(=O)N(CCO)CCO)CCC(=O)N(CCO)CCO.Cl. The molecule has 26 heavy (non-hydrogen) atoms. The lowest BCUT2D eigenvalue weighted by Gasteiger charge is -2.28. The number of nitrogens with zero attached hydrogens (tertiary/aromatic N) is 2. The molecule has 0 heterocycles. The fourth-order valence-corrected chi connectivity index (χ4v) is 2.54. The molecule has 0 aromatic heterocycles. The molecule has 2 amide bonds. The summed E-state index contributed by atoms with van der Waals surface area (Å²) < 4.78 is 0. The molecule has 0 aliphatic carbocycles. The summed E-state index contributed by atoms with van der Waals surface area (Å²) in [6.07, 6.45) is 1.76. The summed E-state index contributed by atoms with van der Waals surface area (Å²) in [4.78, 5) is 27.2. The zero-order valence-corrected chi connectivity index (χ0v) is 16.7. The second-order valence-corrected chi connectivity index (χ2v) is 6.82. The predicted molar refractivity (Wildman–Crippen MR) is 101 cm³/mol. The number of hydrogen-bond donors (Lipinski definition) is 4. The fraction of sp³-hybridized carbons (Fsp3) is 0.882. The van der Waals surface area contributed by atoms with Crippen LogP contribution in [0.3, 0.4) is 0 Å². The summed E-state index contributed by atoms with van der Waals surface area (Å²) in [5.41, 5.74) is -0.223. The summed E-state index contributed by atoms with van der Waals surface area (Å²) in [5.74, 6) is -0.241. The van der Waals surface area contributed by atoms with Gasteiger partial charge in [0.1, 0.15) is 0 Å². The van der Waals surface area contributed by atoms with Gasteiger partial charge in [0.25, 0.3) is 0 Å². The first-order valence-electron chi connectivity index (χ1n) is 8.80. The van der Waals surface area contributed by atoms with Crippen molar-refractivity contribution >= 4 is 24.2 Å². The number of aliphatic hydroxyl groups excluding tert-OH is 4. The van der Waals surface area contributed by atoms with E-state index in [2.05, 4.69) is 0 Å². The lowest BCUT2D eigenvalue weighted by Crippen LogP contribution is -2.37. The molecule has 0 aliphatic rings. The lowest BCUT2D eigenvalue weighted by atomic mass is 9.83. The van der Waals surface area contributed by atoms with Crippen LogP contribution in [0.5, 0.6) is 0 Å². The van der Waals surface area contributed by atoms with Gasteiger partial charge in [-0.3, -0.25) is 9.59 Å². The van der Waals surface area contributed by atoms with Gasteiger partial charge in [0.05, 0.1) is 26.4 Å². The van der Waals surface area contributed by atoms with Crippen molar-refractivity contribution in [1.29, 1.82) is 0 Å². The predicted octanol–water partition coefficient (Wildman–Crippen LogP) is -0.379. The number of carbonyl (C=O) groups excluding carboxylic acids is 2. The lowest BCUT2D eigenvalue weighted by molar-refractivity contribution is -0.133. The molecular weight excluding hydrogens is 364 g/mol. The van der Waals surface area contributed by atoms with Crippen LogP contribution in [0.2, 0.25) is 0 Å². The maximum Gasteiger partial charge on any atom is 0.222 e. The summed E-state index contributed by atoms with van der Waals surface area (Å²) in [7, 11) is 0. The minimum atomic E-state index is -0.223. The van der Waals surface area contributed by atoms with Gasteiger partial charge in [-0.2, -0.15) is 0 Å². The van der Waals surface area contributed by atoms with Crippen molar-refractivity contribution in [3.63, 3.8) is 0 Å². The van der Waals surface area contributed by atoms with Crippen LogP contribution >= 0.6 is 12.4 Å². The first-order chi connectivity index (χ1) is 11.8. The zero-order chi connectivity index (χ0) is 19.3. The third-order valence-corrected chi connectivity index (χ3v) is 4.22. The number of halogens is 1. The molecule has 0 rings (SSSR count). The van der Waals surface area contributed by atoms with E-state index in [1.165, 1.54) is 9.80 Å². The highest BCUT2D eigenvalue weighted by molar-refractivity contribution is 5.85. The number of aliphatic hydroxyl groups is 4. The molecular formula is C17H35ClN2O6. The molecule has 0 radical (unpaired) electrons. The van der Waals surface area contributed by atoms with Gasteiger partial charge in [-0.1, -0.05) is 13.8 Å². The van der Waals surface area contributed by atoms with Crippen molar-refractivity contribution in [3.05, 3.63) is 0 Å². The van der Waals surface area contributed by atoms with Crippen LogP contribution < -0.4 is 0 Å². The Morgan fingerprint density at radius 2 is 0.962 bits per heavy atom. The Bertz CT molecular complexity index is 349. The molecule has 0 aromatic carbocycles. The summed E-state index contributed by atoms with van der Waals surface area (Å²) in [6.45, 7) is 4.21. The van der Waals surface area contributed by atoms with Gasteiger partial charge in [-0.15, -0.1) is 12.4 Å². The Labute approximate surface area is 162 Å². The highest BCUT2D eigenvalue weighted by atomic mass is 35.5. The highest BCUT2D eigenvalue weighted by Gasteiger charge is 2.23. The van der Waals surface area contributed by atoms with E-state index in [1.54, 1.807) is 0 Å². The molecule has 0 saturated heterocycles. The number of rotatable bonds is 14. The van der Waals surface area contributed by atoms with Crippen LogP contribution in [0.15, 0.2) is 0 Å².